The topological polar surface area (TPSA) is 75.6 Å². The molecule has 5 rings (SSSR count). The maximum Gasteiger partial charge on any atom is 0.318 e. The van der Waals surface area contributed by atoms with Gasteiger partial charge in [0, 0.05) is 57.6 Å². The molecule has 1 saturated heterocycles. The average molecular weight is 479 g/mol. The Morgan fingerprint density at radius 3 is 2.83 bits per heavy atom. The van der Waals surface area contributed by atoms with Gasteiger partial charge in [-0.2, -0.15) is 0 Å². The van der Waals surface area contributed by atoms with Crippen molar-refractivity contribution in [1.82, 2.24) is 20.1 Å². The van der Waals surface area contributed by atoms with Crippen LogP contribution in [0.4, 0.5) is 4.79 Å². The third-order valence-electron chi connectivity index (χ3n) is 7.93. The van der Waals surface area contributed by atoms with Crippen LogP contribution in [0.2, 0.25) is 0 Å². The molecule has 2 heterocycles. The van der Waals surface area contributed by atoms with E-state index in [1.165, 1.54) is 16.7 Å². The Hall–Kier alpha value is -2.64. The van der Waals surface area contributed by atoms with Gasteiger partial charge in [-0.1, -0.05) is 18.2 Å². The Bertz CT molecular complexity index is 1110. The Labute approximate surface area is 207 Å². The summed E-state index contributed by atoms with van der Waals surface area (Å²) in [7, 11) is 3.51. The number of pyridine rings is 1. The molecule has 1 aromatic carbocycles. The summed E-state index contributed by atoms with van der Waals surface area (Å²) in [4.78, 5) is 28.2. The minimum Gasteiger partial charge on any atom is -0.385 e. The Morgan fingerprint density at radius 1 is 1.20 bits per heavy atom. The maximum atomic E-state index is 13.8. The molecule has 3 atom stereocenters. The molecule has 0 bridgehead atoms. The van der Waals surface area contributed by atoms with Gasteiger partial charge in [-0.25, -0.2) is 4.79 Å². The van der Waals surface area contributed by atoms with Crippen molar-refractivity contribution in [2.24, 2.45) is 7.05 Å². The molecule has 188 valence electrons. The molecule has 0 spiro atoms. The molecule has 1 saturated carbocycles. The first-order chi connectivity index (χ1) is 17.0. The van der Waals surface area contributed by atoms with Crippen LogP contribution in [0.15, 0.2) is 41.3 Å². The lowest BCUT2D eigenvalue weighted by Crippen LogP contribution is -2.54. The highest BCUT2D eigenvalue weighted by Gasteiger charge is 2.42. The zero-order chi connectivity index (χ0) is 24.4. The van der Waals surface area contributed by atoms with Crippen molar-refractivity contribution in [2.75, 3.05) is 26.8 Å². The van der Waals surface area contributed by atoms with E-state index in [2.05, 4.69) is 33.7 Å². The van der Waals surface area contributed by atoms with Crippen molar-refractivity contribution >= 4 is 6.03 Å². The number of amides is 2. The lowest BCUT2D eigenvalue weighted by Gasteiger charge is -2.37. The third-order valence-corrected chi connectivity index (χ3v) is 7.93. The lowest BCUT2D eigenvalue weighted by molar-refractivity contribution is 0.162. The fourth-order valence-electron chi connectivity index (χ4n) is 5.85. The monoisotopic (exact) mass is 478 g/mol. The number of hydrogen-bond acceptors (Lipinski definition) is 4. The van der Waals surface area contributed by atoms with Crippen molar-refractivity contribution in [3.05, 3.63) is 69.1 Å². The highest BCUT2D eigenvalue weighted by Crippen LogP contribution is 2.42. The summed E-state index contributed by atoms with van der Waals surface area (Å²) < 4.78 is 6.82. The SMILES string of the molecule is COCCCc1ccc2c(c1)C(N(C(=O)N[C@@H]1CNCC[C@H]1c1ccn(C)c(=O)c1)C1CC1)CC2. The number of carbonyl (C=O) groups excluding carboxylic acids is 1. The number of benzene rings is 1. The van der Waals surface area contributed by atoms with Gasteiger partial charge in [0.1, 0.15) is 0 Å². The first kappa shape index (κ1) is 24.1. The minimum atomic E-state index is -0.0362. The molecule has 0 radical (unpaired) electrons. The van der Waals surface area contributed by atoms with E-state index in [9.17, 15) is 9.59 Å². The lowest BCUT2D eigenvalue weighted by atomic mass is 9.86. The van der Waals surface area contributed by atoms with Crippen LogP contribution in [-0.2, 0) is 24.6 Å². The molecular weight excluding hydrogens is 440 g/mol. The number of hydrogen-bond donors (Lipinski definition) is 2. The summed E-state index contributed by atoms with van der Waals surface area (Å²) in [5.74, 6) is 0.137. The van der Waals surface area contributed by atoms with Crippen LogP contribution in [0.3, 0.4) is 0 Å². The molecule has 1 unspecified atom stereocenters. The normalized spacial score (nSPS) is 23.7. The molecule has 1 aromatic heterocycles. The van der Waals surface area contributed by atoms with Gasteiger partial charge in [0.15, 0.2) is 0 Å². The third kappa shape index (κ3) is 5.31. The largest absolute Gasteiger partial charge is 0.385 e. The summed E-state index contributed by atoms with van der Waals surface area (Å²) in [6, 6.07) is 11.0. The molecule has 2 fully saturated rings. The summed E-state index contributed by atoms with van der Waals surface area (Å²) in [6.45, 7) is 2.37. The van der Waals surface area contributed by atoms with Crippen LogP contribution in [0.1, 0.15) is 66.3 Å². The van der Waals surface area contributed by atoms with E-state index in [4.69, 9.17) is 4.74 Å². The fourth-order valence-corrected chi connectivity index (χ4v) is 5.85. The molecule has 7 heteroatoms. The maximum absolute atomic E-state index is 13.8. The quantitative estimate of drug-likeness (QED) is 0.571. The number of fused-ring (bicyclic) bond motifs is 1. The number of carbonyl (C=O) groups is 1. The summed E-state index contributed by atoms with van der Waals surface area (Å²) >= 11 is 0. The molecule has 3 aliphatic rings. The van der Waals surface area contributed by atoms with Crippen LogP contribution >= 0.6 is 0 Å². The summed E-state index contributed by atoms with van der Waals surface area (Å²) in [5.41, 5.74) is 5.04. The van der Waals surface area contributed by atoms with Crippen LogP contribution in [0, 0.1) is 0 Å². The van der Waals surface area contributed by atoms with E-state index in [1.54, 1.807) is 24.8 Å². The predicted octanol–water partition coefficient (Wildman–Crippen LogP) is 3.27. The number of aromatic nitrogens is 1. The molecule has 2 amide bonds. The van der Waals surface area contributed by atoms with Gasteiger partial charge in [0.2, 0.25) is 0 Å². The summed E-state index contributed by atoms with van der Waals surface area (Å²) in [6.07, 6.45) is 8.90. The van der Waals surface area contributed by atoms with Crippen molar-refractivity contribution < 1.29 is 9.53 Å². The van der Waals surface area contributed by atoms with Crippen LogP contribution in [0.5, 0.6) is 0 Å². The first-order valence-corrected chi connectivity index (χ1v) is 13.1. The highest BCUT2D eigenvalue weighted by molar-refractivity contribution is 5.76. The van der Waals surface area contributed by atoms with E-state index >= 15 is 0 Å². The number of nitrogens with zero attached hydrogens (tertiary/aromatic N) is 2. The van der Waals surface area contributed by atoms with Gasteiger partial charge < -0.3 is 24.8 Å². The molecular formula is C28H38N4O3. The number of ether oxygens (including phenoxy) is 1. The van der Waals surface area contributed by atoms with Crippen LogP contribution in [-0.4, -0.2) is 54.4 Å². The van der Waals surface area contributed by atoms with E-state index in [1.807, 2.05) is 12.3 Å². The summed E-state index contributed by atoms with van der Waals surface area (Å²) in [5, 5.41) is 6.83. The van der Waals surface area contributed by atoms with Crippen LogP contribution < -0.4 is 16.2 Å². The van der Waals surface area contributed by atoms with Crippen molar-refractivity contribution in [3.63, 3.8) is 0 Å². The minimum absolute atomic E-state index is 0.00502. The van der Waals surface area contributed by atoms with E-state index in [0.717, 1.165) is 70.2 Å². The second kappa shape index (κ2) is 10.5. The number of methoxy groups -OCH3 is 1. The molecule has 35 heavy (non-hydrogen) atoms. The van der Waals surface area contributed by atoms with Crippen molar-refractivity contribution in [3.8, 4) is 0 Å². The van der Waals surface area contributed by atoms with Gasteiger partial charge in [-0.05, 0) is 79.8 Å². The second-order valence-electron chi connectivity index (χ2n) is 10.4. The average Bonchev–Trinajstić information content (AvgIpc) is 3.61. The zero-order valence-corrected chi connectivity index (χ0v) is 21.0. The number of rotatable bonds is 8. The van der Waals surface area contributed by atoms with E-state index in [-0.39, 0.29) is 29.6 Å². The number of nitrogens with one attached hydrogen (secondary N) is 2. The van der Waals surface area contributed by atoms with Gasteiger partial charge in [0.25, 0.3) is 5.56 Å². The zero-order valence-electron chi connectivity index (χ0n) is 21.0. The van der Waals surface area contributed by atoms with Crippen molar-refractivity contribution in [2.45, 2.75) is 69.0 Å². The van der Waals surface area contributed by atoms with Crippen molar-refractivity contribution in [1.29, 1.82) is 0 Å². The molecule has 2 aliphatic carbocycles. The Kier molecular flexibility index (Phi) is 7.25. The van der Waals surface area contributed by atoms with Gasteiger partial charge in [-0.3, -0.25) is 4.79 Å². The number of aryl methyl sites for hydroxylation is 3. The number of urea groups is 1. The number of piperidine rings is 1. The van der Waals surface area contributed by atoms with Gasteiger partial charge in [-0.15, -0.1) is 0 Å². The molecule has 7 nitrogen and oxygen atoms in total. The smallest absolute Gasteiger partial charge is 0.318 e. The Balaban J connectivity index is 1.34. The second-order valence-corrected chi connectivity index (χ2v) is 10.4. The predicted molar refractivity (Wildman–Crippen MR) is 137 cm³/mol. The van der Waals surface area contributed by atoms with E-state index < -0.39 is 0 Å². The molecule has 1 aliphatic heterocycles. The van der Waals surface area contributed by atoms with E-state index in [0.29, 0.717) is 6.04 Å². The van der Waals surface area contributed by atoms with Gasteiger partial charge >= 0.3 is 6.03 Å². The molecule has 2 aromatic rings. The first-order valence-electron chi connectivity index (χ1n) is 13.1. The van der Waals surface area contributed by atoms with Crippen LogP contribution in [0.25, 0.3) is 0 Å². The Morgan fingerprint density at radius 2 is 2.06 bits per heavy atom. The fraction of sp³-hybridized carbons (Fsp3) is 0.571. The highest BCUT2D eigenvalue weighted by atomic mass is 16.5. The standard InChI is InChI=1S/C28H38N4O3/c1-31-14-12-21(17-27(31)33)23-11-13-29-18-25(23)30-28(34)32(22-8-9-22)26-10-7-20-6-5-19(16-24(20)26)4-3-15-35-2/h5-6,12,14,16-17,22-23,25-26,29H,3-4,7-11,13,15,18H2,1-2H3,(H,30,34)/t23-,25+,26?/m0/s1. The molecule has 2 N–H and O–H groups in total. The van der Waals surface area contributed by atoms with Gasteiger partial charge in [0.05, 0.1) is 6.04 Å².